The molecule has 32 heavy (non-hydrogen) atoms. The van der Waals surface area contributed by atoms with E-state index in [0.29, 0.717) is 25.2 Å². The van der Waals surface area contributed by atoms with Crippen molar-refractivity contribution < 1.29 is 22.4 Å². The van der Waals surface area contributed by atoms with Crippen LogP contribution < -0.4 is 15.1 Å². The number of amides is 2. The minimum atomic E-state index is -4.54. The van der Waals surface area contributed by atoms with E-state index in [1.165, 1.54) is 35.2 Å². The number of fused-ring (bicyclic) bond motifs is 4. The maximum atomic E-state index is 13.5. The summed E-state index contributed by atoms with van der Waals surface area (Å²) >= 11 is 0. The molecule has 1 fully saturated rings. The quantitative estimate of drug-likeness (QED) is 0.571. The zero-order valence-electron chi connectivity index (χ0n) is 16.6. The summed E-state index contributed by atoms with van der Waals surface area (Å²) < 4.78 is 53.8. The molecule has 0 radical (unpaired) electrons. The number of benzene rings is 1. The molecule has 4 heterocycles. The first-order valence-corrected chi connectivity index (χ1v) is 9.95. The lowest BCUT2D eigenvalue weighted by molar-refractivity contribution is -0.137. The molecule has 5 rings (SSSR count). The number of pyridine rings is 2. The molecular formula is C22H17F4N5O. The fourth-order valence-electron chi connectivity index (χ4n) is 4.19. The van der Waals surface area contributed by atoms with E-state index in [1.807, 2.05) is 0 Å². The van der Waals surface area contributed by atoms with Crippen LogP contribution in [-0.2, 0) is 6.18 Å². The second-order valence-corrected chi connectivity index (χ2v) is 7.63. The SMILES string of the molecule is O=C(Nc1ccc(F)cn1)N1c2nc(-c3ccccc3C(F)(F)F)ccc2N2CC[C@H]1C2. The lowest BCUT2D eigenvalue weighted by Gasteiger charge is -2.35. The third-order valence-corrected chi connectivity index (χ3v) is 5.64. The fraction of sp³-hybridized carbons (Fsp3) is 0.227. The lowest BCUT2D eigenvalue weighted by Crippen LogP contribution is -2.48. The summed E-state index contributed by atoms with van der Waals surface area (Å²) in [4.78, 5) is 25.0. The highest BCUT2D eigenvalue weighted by Gasteiger charge is 2.41. The predicted octanol–water partition coefficient (Wildman–Crippen LogP) is 4.93. The van der Waals surface area contributed by atoms with E-state index in [-0.39, 0.29) is 28.9 Å². The summed E-state index contributed by atoms with van der Waals surface area (Å²) in [5.41, 5.74) is -0.0552. The Morgan fingerprint density at radius 2 is 1.91 bits per heavy atom. The number of carbonyl (C=O) groups excluding carboxylic acids is 1. The maximum absolute atomic E-state index is 13.5. The number of hydrogen-bond donors (Lipinski definition) is 1. The molecule has 0 spiro atoms. The first-order valence-electron chi connectivity index (χ1n) is 9.95. The van der Waals surface area contributed by atoms with Crippen LogP contribution in [0.5, 0.6) is 0 Å². The van der Waals surface area contributed by atoms with Crippen molar-refractivity contribution in [3.8, 4) is 11.3 Å². The molecule has 0 saturated carbocycles. The zero-order chi connectivity index (χ0) is 22.5. The Hall–Kier alpha value is -3.69. The highest BCUT2D eigenvalue weighted by Crippen LogP contribution is 2.42. The van der Waals surface area contributed by atoms with Crippen molar-refractivity contribution >= 4 is 23.4 Å². The summed E-state index contributed by atoms with van der Waals surface area (Å²) in [6.45, 7) is 1.30. The van der Waals surface area contributed by atoms with Crippen molar-refractivity contribution in [3.05, 3.63) is 66.1 Å². The standard InChI is InChI=1S/C22H17F4N5O/c23-13-5-8-19(27-11-13)29-21(32)31-14-9-10-30(12-14)18-7-6-17(28-20(18)31)15-3-1-2-4-16(15)22(24,25)26/h1-8,11,14H,9-10,12H2,(H,27,29,32)/t14-/m0/s1. The molecule has 2 bridgehead atoms. The van der Waals surface area contributed by atoms with E-state index in [9.17, 15) is 22.4 Å². The maximum Gasteiger partial charge on any atom is 0.417 e. The van der Waals surface area contributed by atoms with Gasteiger partial charge in [-0.05, 0) is 36.8 Å². The average Bonchev–Trinajstić information content (AvgIpc) is 3.19. The van der Waals surface area contributed by atoms with Gasteiger partial charge >= 0.3 is 12.2 Å². The first-order chi connectivity index (χ1) is 15.3. The number of anilines is 3. The van der Waals surface area contributed by atoms with Crippen molar-refractivity contribution in [2.45, 2.75) is 18.6 Å². The minimum Gasteiger partial charge on any atom is -0.366 e. The van der Waals surface area contributed by atoms with Crippen molar-refractivity contribution in [1.29, 1.82) is 0 Å². The van der Waals surface area contributed by atoms with Gasteiger partial charge in [0.15, 0.2) is 5.82 Å². The van der Waals surface area contributed by atoms with Gasteiger partial charge in [-0.25, -0.2) is 19.2 Å². The van der Waals surface area contributed by atoms with Gasteiger partial charge in [0.25, 0.3) is 0 Å². The van der Waals surface area contributed by atoms with Crippen molar-refractivity contribution in [1.82, 2.24) is 9.97 Å². The van der Waals surface area contributed by atoms with Crippen LogP contribution in [0, 0.1) is 5.82 Å². The van der Waals surface area contributed by atoms with Crippen LogP contribution in [-0.4, -0.2) is 35.1 Å². The van der Waals surface area contributed by atoms with E-state index in [1.54, 1.807) is 12.1 Å². The Morgan fingerprint density at radius 3 is 2.66 bits per heavy atom. The van der Waals surface area contributed by atoms with Gasteiger partial charge in [-0.15, -0.1) is 0 Å². The Morgan fingerprint density at radius 1 is 1.09 bits per heavy atom. The van der Waals surface area contributed by atoms with Crippen molar-refractivity contribution in [3.63, 3.8) is 0 Å². The Bertz CT molecular complexity index is 1180. The van der Waals surface area contributed by atoms with Gasteiger partial charge in [0.05, 0.1) is 29.2 Å². The van der Waals surface area contributed by atoms with Crippen LogP contribution in [0.3, 0.4) is 0 Å². The molecule has 6 nitrogen and oxygen atoms in total. The molecule has 3 aromatic rings. The summed E-state index contributed by atoms with van der Waals surface area (Å²) in [5.74, 6) is -0.0859. The molecular weight excluding hydrogens is 426 g/mol. The molecule has 0 unspecified atom stereocenters. The molecule has 2 aliphatic rings. The van der Waals surface area contributed by atoms with Crippen molar-refractivity contribution in [2.75, 3.05) is 28.2 Å². The Labute approximate surface area is 180 Å². The molecule has 2 aromatic heterocycles. The number of halogens is 4. The second-order valence-electron chi connectivity index (χ2n) is 7.63. The van der Waals surface area contributed by atoms with Crippen LogP contribution in [0.1, 0.15) is 12.0 Å². The summed E-state index contributed by atoms with van der Waals surface area (Å²) in [5, 5.41) is 2.63. The highest BCUT2D eigenvalue weighted by atomic mass is 19.4. The largest absolute Gasteiger partial charge is 0.417 e. The third-order valence-electron chi connectivity index (χ3n) is 5.64. The van der Waals surface area contributed by atoms with Crippen LogP contribution in [0.2, 0.25) is 0 Å². The zero-order valence-corrected chi connectivity index (χ0v) is 16.6. The molecule has 1 saturated heterocycles. The summed E-state index contributed by atoms with van der Waals surface area (Å²) in [6.07, 6.45) is -2.86. The van der Waals surface area contributed by atoms with Crippen LogP contribution >= 0.6 is 0 Å². The first kappa shape index (κ1) is 20.2. The highest BCUT2D eigenvalue weighted by molar-refractivity contribution is 6.04. The van der Waals surface area contributed by atoms with Gasteiger partial charge in [-0.2, -0.15) is 13.2 Å². The molecule has 2 aliphatic heterocycles. The molecule has 1 aromatic carbocycles. The second kappa shape index (κ2) is 7.47. The van der Waals surface area contributed by atoms with Crippen LogP contribution in [0.25, 0.3) is 11.3 Å². The summed E-state index contributed by atoms with van der Waals surface area (Å²) in [6, 6.07) is 10.3. The number of rotatable bonds is 2. The average molecular weight is 443 g/mol. The van der Waals surface area contributed by atoms with Gasteiger partial charge in [0.1, 0.15) is 11.6 Å². The Kier molecular flexibility index (Phi) is 4.72. The Balaban J connectivity index is 1.56. The number of nitrogens with zero attached hydrogens (tertiary/aromatic N) is 4. The molecule has 2 amide bonds. The normalized spacial score (nSPS) is 17.3. The van der Waals surface area contributed by atoms with Crippen LogP contribution in [0.15, 0.2) is 54.7 Å². The smallest absolute Gasteiger partial charge is 0.366 e. The van der Waals surface area contributed by atoms with Gasteiger partial charge in [0, 0.05) is 18.7 Å². The van der Waals surface area contributed by atoms with Crippen molar-refractivity contribution in [2.24, 2.45) is 0 Å². The number of urea groups is 1. The van der Waals surface area contributed by atoms with E-state index in [2.05, 4.69) is 20.2 Å². The predicted molar refractivity (Wildman–Crippen MR) is 111 cm³/mol. The van der Waals surface area contributed by atoms with Gasteiger partial charge in [-0.3, -0.25) is 10.2 Å². The van der Waals surface area contributed by atoms with E-state index in [0.717, 1.165) is 12.3 Å². The minimum absolute atomic E-state index is 0.0590. The topological polar surface area (TPSA) is 61.4 Å². The van der Waals surface area contributed by atoms with Crippen LogP contribution in [0.4, 0.5) is 39.7 Å². The molecule has 10 heteroatoms. The molecule has 164 valence electrons. The number of hydrogen-bond acceptors (Lipinski definition) is 4. The van der Waals surface area contributed by atoms with E-state index in [4.69, 9.17) is 0 Å². The fourth-order valence-corrected chi connectivity index (χ4v) is 4.19. The number of carbonyl (C=O) groups is 1. The number of nitrogens with one attached hydrogen (secondary N) is 1. The lowest BCUT2D eigenvalue weighted by atomic mass is 10.0. The van der Waals surface area contributed by atoms with Gasteiger partial charge < -0.3 is 4.90 Å². The van der Waals surface area contributed by atoms with Gasteiger partial charge in [-0.1, -0.05) is 18.2 Å². The third kappa shape index (κ3) is 3.51. The molecule has 1 N–H and O–H groups in total. The summed E-state index contributed by atoms with van der Waals surface area (Å²) in [7, 11) is 0. The molecule has 0 aliphatic carbocycles. The number of alkyl halides is 3. The van der Waals surface area contributed by atoms with E-state index < -0.39 is 23.6 Å². The monoisotopic (exact) mass is 443 g/mol. The molecule has 1 atom stereocenters. The van der Waals surface area contributed by atoms with E-state index >= 15 is 0 Å². The van der Waals surface area contributed by atoms with Gasteiger partial charge in [0.2, 0.25) is 0 Å². The number of aromatic nitrogens is 2.